The number of rotatable bonds is 4. The van der Waals surface area contributed by atoms with Gasteiger partial charge in [-0.05, 0) is 31.5 Å². The molecule has 1 unspecified atom stereocenters. The zero-order valence-corrected chi connectivity index (χ0v) is 8.75. The fourth-order valence-electron chi connectivity index (χ4n) is 1.33. The summed E-state index contributed by atoms with van der Waals surface area (Å²) in [5.41, 5.74) is 2.29. The quantitative estimate of drug-likeness (QED) is 0.732. The predicted octanol–water partition coefficient (Wildman–Crippen LogP) is 2.06. The molecule has 0 saturated carbocycles. The van der Waals surface area contributed by atoms with Gasteiger partial charge in [0.2, 0.25) is 0 Å². The lowest BCUT2D eigenvalue weighted by atomic mass is 10.0. The van der Waals surface area contributed by atoms with E-state index in [1.165, 1.54) is 5.56 Å². The van der Waals surface area contributed by atoms with Crippen molar-refractivity contribution in [3.05, 3.63) is 29.6 Å². The smallest absolute Gasteiger partial charge is 0.0960 e. The lowest BCUT2D eigenvalue weighted by Gasteiger charge is -2.14. The van der Waals surface area contributed by atoms with Crippen molar-refractivity contribution in [3.8, 4) is 12.3 Å². The second-order valence-corrected chi connectivity index (χ2v) is 3.29. The number of hydrogen-bond donors (Lipinski definition) is 1. The monoisotopic (exact) mass is 188 g/mol. The molecule has 0 amide bonds. The van der Waals surface area contributed by atoms with Crippen LogP contribution in [-0.2, 0) is 0 Å². The second-order valence-electron chi connectivity index (χ2n) is 3.29. The summed E-state index contributed by atoms with van der Waals surface area (Å²) in [6.07, 6.45) is 10.2. The lowest BCUT2D eigenvalue weighted by Crippen LogP contribution is -2.21. The van der Waals surface area contributed by atoms with E-state index in [4.69, 9.17) is 6.42 Å². The van der Waals surface area contributed by atoms with Gasteiger partial charge < -0.3 is 0 Å². The van der Waals surface area contributed by atoms with Crippen molar-refractivity contribution in [3.63, 3.8) is 0 Å². The maximum absolute atomic E-state index is 5.47. The number of hydrogen-bond acceptors (Lipinski definition) is 2. The Morgan fingerprint density at radius 2 is 2.43 bits per heavy atom. The third-order valence-electron chi connectivity index (χ3n) is 2.16. The molecule has 1 heterocycles. The van der Waals surface area contributed by atoms with Crippen molar-refractivity contribution in [2.45, 2.75) is 26.3 Å². The lowest BCUT2D eigenvalue weighted by molar-refractivity contribution is 0.622. The van der Waals surface area contributed by atoms with Gasteiger partial charge >= 0.3 is 0 Å². The summed E-state index contributed by atoms with van der Waals surface area (Å²) >= 11 is 0. The molecule has 1 aromatic heterocycles. The molecule has 0 aliphatic rings. The molecule has 0 aliphatic carbocycles. The molecular formula is C12H16N2. The van der Waals surface area contributed by atoms with Gasteiger partial charge in [0, 0.05) is 18.0 Å². The van der Waals surface area contributed by atoms with E-state index in [1.54, 1.807) is 6.20 Å². The average molecular weight is 188 g/mol. The van der Waals surface area contributed by atoms with E-state index < -0.39 is 0 Å². The number of nitrogens with one attached hydrogen (secondary N) is 1. The van der Waals surface area contributed by atoms with E-state index in [0.717, 1.165) is 18.5 Å². The van der Waals surface area contributed by atoms with Crippen LogP contribution in [0.15, 0.2) is 18.5 Å². The van der Waals surface area contributed by atoms with Gasteiger partial charge in [-0.15, -0.1) is 6.42 Å². The van der Waals surface area contributed by atoms with Gasteiger partial charge in [-0.3, -0.25) is 10.3 Å². The highest BCUT2D eigenvalue weighted by Crippen LogP contribution is 2.14. The van der Waals surface area contributed by atoms with Gasteiger partial charge in [-0.25, -0.2) is 0 Å². The van der Waals surface area contributed by atoms with Crippen LogP contribution in [0.4, 0.5) is 0 Å². The Bertz CT molecular complexity index is 325. The SMILES string of the molecule is C#CC(NCCC)c1cnccc1C. The molecule has 0 saturated heterocycles. The van der Waals surface area contributed by atoms with Crippen molar-refractivity contribution < 1.29 is 0 Å². The minimum Gasteiger partial charge on any atom is -0.300 e. The molecule has 0 aromatic carbocycles. The largest absolute Gasteiger partial charge is 0.300 e. The van der Waals surface area contributed by atoms with Crippen LogP contribution in [-0.4, -0.2) is 11.5 Å². The third kappa shape index (κ3) is 2.58. The van der Waals surface area contributed by atoms with E-state index >= 15 is 0 Å². The van der Waals surface area contributed by atoms with E-state index in [-0.39, 0.29) is 6.04 Å². The van der Waals surface area contributed by atoms with Gasteiger partial charge in [-0.2, -0.15) is 0 Å². The van der Waals surface area contributed by atoms with Crippen LogP contribution in [0.3, 0.4) is 0 Å². The van der Waals surface area contributed by atoms with Crippen LogP contribution < -0.4 is 5.32 Å². The number of pyridine rings is 1. The summed E-state index contributed by atoms with van der Waals surface area (Å²) in [4.78, 5) is 4.09. The highest BCUT2D eigenvalue weighted by molar-refractivity contribution is 5.30. The highest BCUT2D eigenvalue weighted by atomic mass is 14.9. The number of nitrogens with zero attached hydrogens (tertiary/aromatic N) is 1. The van der Waals surface area contributed by atoms with E-state index in [0.29, 0.717) is 0 Å². The van der Waals surface area contributed by atoms with Crippen LogP contribution >= 0.6 is 0 Å². The van der Waals surface area contributed by atoms with Gasteiger partial charge in [-0.1, -0.05) is 12.8 Å². The summed E-state index contributed by atoms with van der Waals surface area (Å²) in [6, 6.07) is 1.97. The Balaban J connectivity index is 2.80. The summed E-state index contributed by atoms with van der Waals surface area (Å²) in [6.45, 7) is 5.11. The molecule has 14 heavy (non-hydrogen) atoms. The molecule has 2 nitrogen and oxygen atoms in total. The van der Waals surface area contributed by atoms with Crippen LogP contribution in [0.1, 0.15) is 30.5 Å². The first-order valence-electron chi connectivity index (χ1n) is 4.89. The van der Waals surface area contributed by atoms with Gasteiger partial charge in [0.05, 0.1) is 6.04 Å². The molecule has 0 spiro atoms. The normalized spacial score (nSPS) is 12.1. The second kappa shape index (κ2) is 5.41. The highest BCUT2D eigenvalue weighted by Gasteiger charge is 2.08. The van der Waals surface area contributed by atoms with Crippen molar-refractivity contribution in [1.82, 2.24) is 10.3 Å². The van der Waals surface area contributed by atoms with Crippen LogP contribution in [0.2, 0.25) is 0 Å². The van der Waals surface area contributed by atoms with E-state index in [9.17, 15) is 0 Å². The van der Waals surface area contributed by atoms with Crippen LogP contribution in [0.25, 0.3) is 0 Å². The molecule has 0 radical (unpaired) electrons. The molecule has 0 bridgehead atoms. The Kier molecular flexibility index (Phi) is 4.15. The zero-order valence-electron chi connectivity index (χ0n) is 8.75. The summed E-state index contributed by atoms with van der Waals surface area (Å²) in [5.74, 6) is 2.74. The average Bonchev–Trinajstić information content (AvgIpc) is 2.21. The van der Waals surface area contributed by atoms with Crippen LogP contribution in [0, 0.1) is 19.3 Å². The molecule has 2 heteroatoms. The van der Waals surface area contributed by atoms with Gasteiger partial charge in [0.25, 0.3) is 0 Å². The Morgan fingerprint density at radius 3 is 3.00 bits per heavy atom. The van der Waals surface area contributed by atoms with Crippen molar-refractivity contribution in [1.29, 1.82) is 0 Å². The molecular weight excluding hydrogens is 172 g/mol. The van der Waals surface area contributed by atoms with Crippen molar-refractivity contribution in [2.75, 3.05) is 6.54 Å². The zero-order chi connectivity index (χ0) is 10.4. The Hall–Kier alpha value is -1.33. The van der Waals surface area contributed by atoms with E-state index in [2.05, 4.69) is 30.1 Å². The molecule has 1 aromatic rings. The minimum atomic E-state index is -0.0105. The maximum Gasteiger partial charge on any atom is 0.0960 e. The molecule has 1 atom stereocenters. The summed E-state index contributed by atoms with van der Waals surface area (Å²) in [7, 11) is 0. The third-order valence-corrected chi connectivity index (χ3v) is 2.16. The van der Waals surface area contributed by atoms with Crippen LogP contribution in [0.5, 0.6) is 0 Å². The first-order chi connectivity index (χ1) is 6.79. The number of terminal acetylenes is 1. The maximum atomic E-state index is 5.47. The van der Waals surface area contributed by atoms with Gasteiger partial charge in [0.1, 0.15) is 0 Å². The first-order valence-corrected chi connectivity index (χ1v) is 4.89. The number of aromatic nitrogens is 1. The standard InChI is InChI=1S/C12H16N2/c1-4-7-14-12(5-2)11-9-13-8-6-10(11)3/h2,6,8-9,12,14H,4,7H2,1,3H3. The predicted molar refractivity (Wildman–Crippen MR) is 58.8 cm³/mol. The summed E-state index contributed by atoms with van der Waals surface area (Å²) < 4.78 is 0. The van der Waals surface area contributed by atoms with Crippen molar-refractivity contribution in [2.24, 2.45) is 0 Å². The Labute approximate surface area is 85.8 Å². The fourth-order valence-corrected chi connectivity index (χ4v) is 1.33. The Morgan fingerprint density at radius 1 is 1.64 bits per heavy atom. The van der Waals surface area contributed by atoms with Gasteiger partial charge in [0.15, 0.2) is 0 Å². The molecule has 1 N–H and O–H groups in total. The molecule has 0 fully saturated rings. The van der Waals surface area contributed by atoms with E-state index in [1.807, 2.05) is 12.3 Å². The summed E-state index contributed by atoms with van der Waals surface area (Å²) in [5, 5.41) is 3.30. The first kappa shape index (κ1) is 10.7. The molecule has 1 rings (SSSR count). The molecule has 0 aliphatic heterocycles. The molecule has 74 valence electrons. The topological polar surface area (TPSA) is 24.9 Å². The number of aryl methyl sites for hydroxylation is 1. The fraction of sp³-hybridized carbons (Fsp3) is 0.417. The van der Waals surface area contributed by atoms with Crippen molar-refractivity contribution >= 4 is 0 Å². The minimum absolute atomic E-state index is 0.0105.